The van der Waals surface area contributed by atoms with E-state index in [2.05, 4.69) is 9.97 Å². The number of aromatic nitrogens is 2. The van der Waals surface area contributed by atoms with Crippen molar-refractivity contribution in [2.75, 3.05) is 6.54 Å². The fourth-order valence-electron chi connectivity index (χ4n) is 3.39. The van der Waals surface area contributed by atoms with Crippen LogP contribution in [0, 0.1) is 5.92 Å². The third-order valence-corrected chi connectivity index (χ3v) is 6.10. The first-order valence-corrected chi connectivity index (χ1v) is 8.14. The van der Waals surface area contributed by atoms with Crippen molar-refractivity contribution in [3.63, 3.8) is 0 Å². The van der Waals surface area contributed by atoms with Crippen molar-refractivity contribution in [2.24, 2.45) is 5.92 Å². The minimum absolute atomic E-state index is 0.209. The molecule has 1 aromatic rings. The van der Waals surface area contributed by atoms with Crippen LogP contribution in [-0.4, -0.2) is 35.3 Å². The Morgan fingerprint density at radius 3 is 2.78 bits per heavy atom. The van der Waals surface area contributed by atoms with E-state index in [1.54, 1.807) is 4.31 Å². The van der Waals surface area contributed by atoms with Crippen LogP contribution in [0.3, 0.4) is 0 Å². The summed E-state index contributed by atoms with van der Waals surface area (Å²) in [7, 11) is -3.37. The zero-order chi connectivity index (χ0) is 12.6. The van der Waals surface area contributed by atoms with Crippen LogP contribution >= 0.6 is 0 Å². The number of fused-ring (bicyclic) bond motifs is 1. The lowest BCUT2D eigenvalue weighted by Crippen LogP contribution is -2.49. The Morgan fingerprint density at radius 1 is 1.22 bits per heavy atom. The molecule has 0 bridgehead atoms. The van der Waals surface area contributed by atoms with Crippen molar-refractivity contribution in [2.45, 2.75) is 49.6 Å². The first-order valence-electron chi connectivity index (χ1n) is 6.70. The van der Waals surface area contributed by atoms with Crippen LogP contribution in [0.1, 0.15) is 38.5 Å². The molecular weight excluding hydrogens is 250 g/mol. The average Bonchev–Trinajstić information content (AvgIpc) is 2.92. The summed E-state index contributed by atoms with van der Waals surface area (Å²) in [6.07, 6.45) is 9.58. The van der Waals surface area contributed by atoms with E-state index in [1.807, 2.05) is 0 Å². The van der Waals surface area contributed by atoms with Gasteiger partial charge in [-0.05, 0) is 31.6 Å². The summed E-state index contributed by atoms with van der Waals surface area (Å²) < 4.78 is 26.8. The average molecular weight is 269 g/mol. The van der Waals surface area contributed by atoms with Crippen molar-refractivity contribution < 1.29 is 8.42 Å². The third-order valence-electron chi connectivity index (χ3n) is 4.25. The molecule has 1 saturated heterocycles. The quantitative estimate of drug-likeness (QED) is 0.889. The molecule has 6 heteroatoms. The fourth-order valence-corrected chi connectivity index (χ4v) is 5.04. The molecule has 2 aliphatic rings. The highest BCUT2D eigenvalue weighted by atomic mass is 32.2. The van der Waals surface area contributed by atoms with Crippen LogP contribution in [0.2, 0.25) is 0 Å². The number of piperidine rings is 1. The normalized spacial score (nSPS) is 30.0. The van der Waals surface area contributed by atoms with Crippen LogP contribution in [-0.2, 0) is 10.0 Å². The van der Waals surface area contributed by atoms with Gasteiger partial charge in [-0.3, -0.25) is 0 Å². The molecule has 3 rings (SSSR count). The Morgan fingerprint density at radius 2 is 2.00 bits per heavy atom. The fraction of sp³-hybridized carbons (Fsp3) is 0.750. The molecular formula is C12H19N3O2S. The molecule has 1 aliphatic carbocycles. The second kappa shape index (κ2) is 4.66. The smallest absolute Gasteiger partial charge is 0.260 e. The van der Waals surface area contributed by atoms with Crippen molar-refractivity contribution in [3.05, 3.63) is 12.5 Å². The largest absolute Gasteiger partial charge is 0.335 e. The molecule has 1 N–H and O–H groups in total. The van der Waals surface area contributed by atoms with Gasteiger partial charge in [-0.25, -0.2) is 13.4 Å². The zero-order valence-electron chi connectivity index (χ0n) is 10.4. The van der Waals surface area contributed by atoms with E-state index in [1.165, 1.54) is 31.8 Å². The summed E-state index contributed by atoms with van der Waals surface area (Å²) in [4.78, 5) is 6.56. The maximum atomic E-state index is 12.6. The number of hydrogen-bond donors (Lipinski definition) is 1. The Bertz CT molecular complexity index is 495. The second-order valence-electron chi connectivity index (χ2n) is 5.29. The molecule has 0 amide bonds. The Balaban J connectivity index is 1.90. The summed E-state index contributed by atoms with van der Waals surface area (Å²) in [6.45, 7) is 0.655. The molecule has 18 heavy (non-hydrogen) atoms. The van der Waals surface area contributed by atoms with Crippen molar-refractivity contribution in [1.29, 1.82) is 0 Å². The lowest BCUT2D eigenvalue weighted by Gasteiger charge is -2.42. The van der Waals surface area contributed by atoms with E-state index in [-0.39, 0.29) is 11.1 Å². The maximum absolute atomic E-state index is 12.6. The monoisotopic (exact) mass is 269 g/mol. The second-order valence-corrected chi connectivity index (χ2v) is 7.14. The molecule has 0 aromatic carbocycles. The number of sulfonamides is 1. The number of hydrogen-bond acceptors (Lipinski definition) is 3. The highest BCUT2D eigenvalue weighted by Crippen LogP contribution is 2.37. The van der Waals surface area contributed by atoms with Gasteiger partial charge >= 0.3 is 0 Å². The number of rotatable bonds is 2. The van der Waals surface area contributed by atoms with Crippen LogP contribution < -0.4 is 0 Å². The molecule has 1 saturated carbocycles. The molecule has 0 radical (unpaired) electrons. The van der Waals surface area contributed by atoms with Crippen LogP contribution in [0.25, 0.3) is 0 Å². The van der Waals surface area contributed by atoms with Gasteiger partial charge in [0.2, 0.25) is 0 Å². The molecule has 2 fully saturated rings. The van der Waals surface area contributed by atoms with Gasteiger partial charge in [0.25, 0.3) is 10.0 Å². The number of imidazole rings is 1. The molecule has 5 nitrogen and oxygen atoms in total. The van der Waals surface area contributed by atoms with Gasteiger partial charge in [0.1, 0.15) is 0 Å². The number of aromatic amines is 1. The molecule has 2 atom stereocenters. The molecule has 1 aliphatic heterocycles. The molecule has 2 unspecified atom stereocenters. The standard InChI is InChI=1S/C12H19N3O2S/c16-18(17,12-8-13-9-14-12)15-7-3-5-10-4-1-2-6-11(10)15/h8-11H,1-7H2,(H,13,14). The number of nitrogens with zero attached hydrogens (tertiary/aromatic N) is 2. The van der Waals surface area contributed by atoms with Crippen molar-refractivity contribution in [1.82, 2.24) is 14.3 Å². The van der Waals surface area contributed by atoms with Gasteiger partial charge in [-0.15, -0.1) is 0 Å². The Labute approximate surface area is 108 Å². The van der Waals surface area contributed by atoms with Crippen molar-refractivity contribution in [3.8, 4) is 0 Å². The topological polar surface area (TPSA) is 66.1 Å². The maximum Gasteiger partial charge on any atom is 0.260 e. The highest BCUT2D eigenvalue weighted by molar-refractivity contribution is 7.89. The van der Waals surface area contributed by atoms with E-state index in [0.717, 1.165) is 19.3 Å². The van der Waals surface area contributed by atoms with Crippen LogP contribution in [0.4, 0.5) is 0 Å². The van der Waals surface area contributed by atoms with E-state index in [4.69, 9.17) is 0 Å². The van der Waals surface area contributed by atoms with Gasteiger partial charge in [0.15, 0.2) is 5.03 Å². The van der Waals surface area contributed by atoms with Crippen LogP contribution in [0.5, 0.6) is 0 Å². The van der Waals surface area contributed by atoms with Gasteiger partial charge in [-0.2, -0.15) is 4.31 Å². The predicted octanol–water partition coefficient (Wildman–Crippen LogP) is 1.75. The summed E-state index contributed by atoms with van der Waals surface area (Å²) in [5, 5.41) is 0.230. The summed E-state index contributed by atoms with van der Waals surface area (Å²) >= 11 is 0. The molecule has 100 valence electrons. The molecule has 0 spiro atoms. The van der Waals surface area contributed by atoms with E-state index in [0.29, 0.717) is 12.5 Å². The summed E-state index contributed by atoms with van der Waals surface area (Å²) in [6, 6.07) is 0.209. The van der Waals surface area contributed by atoms with Gasteiger partial charge in [-0.1, -0.05) is 12.8 Å². The van der Waals surface area contributed by atoms with Crippen molar-refractivity contribution >= 4 is 10.0 Å². The number of nitrogens with one attached hydrogen (secondary N) is 1. The predicted molar refractivity (Wildman–Crippen MR) is 67.5 cm³/mol. The first-order chi connectivity index (χ1) is 8.69. The zero-order valence-corrected chi connectivity index (χ0v) is 11.2. The van der Waals surface area contributed by atoms with Gasteiger partial charge in [0.05, 0.1) is 12.5 Å². The molecule has 1 aromatic heterocycles. The first kappa shape index (κ1) is 12.2. The summed E-state index contributed by atoms with van der Waals surface area (Å²) in [5.74, 6) is 0.560. The Hall–Kier alpha value is -0.880. The summed E-state index contributed by atoms with van der Waals surface area (Å²) in [5.41, 5.74) is 0. The number of H-pyrrole nitrogens is 1. The lowest BCUT2D eigenvalue weighted by atomic mass is 9.79. The van der Waals surface area contributed by atoms with Crippen LogP contribution in [0.15, 0.2) is 17.6 Å². The van der Waals surface area contributed by atoms with E-state index in [9.17, 15) is 8.42 Å². The highest BCUT2D eigenvalue weighted by Gasteiger charge is 2.40. The minimum atomic E-state index is -3.37. The van der Waals surface area contributed by atoms with E-state index >= 15 is 0 Å². The Kier molecular flexibility index (Phi) is 3.15. The van der Waals surface area contributed by atoms with Gasteiger partial charge < -0.3 is 4.98 Å². The minimum Gasteiger partial charge on any atom is -0.335 e. The lowest BCUT2D eigenvalue weighted by molar-refractivity contribution is 0.129. The SMILES string of the molecule is O=S(=O)(c1cnc[nH]1)N1CCCC2CCCCC21. The molecule has 2 heterocycles. The van der Waals surface area contributed by atoms with Gasteiger partial charge in [0, 0.05) is 12.6 Å². The van der Waals surface area contributed by atoms with E-state index < -0.39 is 10.0 Å². The third kappa shape index (κ3) is 1.97.